The standard InChI is InChI=1S/C29H32N2O11/c1-11-14-10-40-28(14)15(31-30)6-19(41-11)42-17-8-29(38,18(33)9-32)7-13-21(17)27(37)23-22(25(13)35)24(34)12-4-3-5-16(39-2)20(12)26(23)36/h3-5,11,14-15,17,19,28,31-32,35,37-38H,6-10,30H2,1-2H3/t11-,14-,15+,17-,19+,28?,29-/m0/s1. The predicted molar refractivity (Wildman–Crippen MR) is 142 cm³/mol. The van der Waals surface area contributed by atoms with Gasteiger partial charge in [0.2, 0.25) is 5.78 Å². The third-order valence-corrected chi connectivity index (χ3v) is 8.98. The number of hydrogen-bond acceptors (Lipinski definition) is 13. The summed E-state index contributed by atoms with van der Waals surface area (Å²) in [5.74, 6) is 2.18. The maximum atomic E-state index is 13.8. The average molecular weight is 585 g/mol. The van der Waals surface area contributed by atoms with Gasteiger partial charge in [-0.2, -0.15) is 0 Å². The van der Waals surface area contributed by atoms with Crippen LogP contribution in [-0.2, 0) is 25.4 Å². The lowest BCUT2D eigenvalue weighted by molar-refractivity contribution is -0.223. The molecule has 42 heavy (non-hydrogen) atoms. The number of ether oxygens (including phenoxy) is 4. The zero-order valence-corrected chi connectivity index (χ0v) is 23.0. The number of benzene rings is 2. The minimum atomic E-state index is -2.22. The number of aromatic hydroxyl groups is 2. The number of nitrogens with two attached hydrogens (primary N) is 1. The molecule has 7 atom stereocenters. The molecule has 2 aliphatic heterocycles. The summed E-state index contributed by atoms with van der Waals surface area (Å²) in [5.41, 5.74) is -0.746. The van der Waals surface area contributed by atoms with Crippen molar-refractivity contribution in [3.05, 3.63) is 51.6 Å². The van der Waals surface area contributed by atoms with Crippen molar-refractivity contribution in [2.75, 3.05) is 20.3 Å². The number of hydrogen-bond donors (Lipinski definition) is 6. The van der Waals surface area contributed by atoms with Crippen molar-refractivity contribution in [1.82, 2.24) is 5.43 Å². The van der Waals surface area contributed by atoms with Crippen molar-refractivity contribution in [2.24, 2.45) is 11.8 Å². The van der Waals surface area contributed by atoms with E-state index >= 15 is 0 Å². The smallest absolute Gasteiger partial charge is 0.202 e. The Morgan fingerprint density at radius 1 is 1.17 bits per heavy atom. The zero-order chi connectivity index (χ0) is 30.1. The van der Waals surface area contributed by atoms with Crippen LogP contribution < -0.4 is 16.0 Å². The van der Waals surface area contributed by atoms with E-state index in [4.69, 9.17) is 24.8 Å². The van der Waals surface area contributed by atoms with E-state index in [0.717, 1.165) is 0 Å². The first-order chi connectivity index (χ1) is 20.0. The van der Waals surface area contributed by atoms with Crippen LogP contribution in [0.25, 0.3) is 0 Å². The number of nitrogens with one attached hydrogen (secondary N) is 1. The minimum absolute atomic E-state index is 0.0364. The number of phenolic OH excluding ortho intramolecular Hbond substituents is 2. The third-order valence-electron chi connectivity index (χ3n) is 8.98. The molecule has 0 saturated carbocycles. The van der Waals surface area contributed by atoms with E-state index < -0.39 is 77.4 Å². The summed E-state index contributed by atoms with van der Waals surface area (Å²) in [7, 11) is 1.34. The molecule has 2 fully saturated rings. The summed E-state index contributed by atoms with van der Waals surface area (Å²) < 4.78 is 23.4. The Bertz CT molecular complexity index is 1490. The average Bonchev–Trinajstić information content (AvgIpc) is 3.03. The topological polar surface area (TPSA) is 207 Å². The molecule has 2 aromatic rings. The number of carbonyl (C=O) groups excluding carboxylic acids is 3. The monoisotopic (exact) mass is 584 g/mol. The normalized spacial score (nSPS) is 31.6. The van der Waals surface area contributed by atoms with Crippen molar-refractivity contribution in [3.8, 4) is 17.2 Å². The second-order valence-electron chi connectivity index (χ2n) is 11.2. The lowest BCUT2D eigenvalue weighted by atomic mass is 9.72. The molecule has 2 aromatic carbocycles. The van der Waals surface area contributed by atoms with Crippen molar-refractivity contribution in [2.45, 2.75) is 62.4 Å². The highest BCUT2D eigenvalue weighted by Gasteiger charge is 2.51. The summed E-state index contributed by atoms with van der Waals surface area (Å²) in [6.07, 6.45) is -3.62. The molecule has 2 aliphatic carbocycles. The fourth-order valence-corrected chi connectivity index (χ4v) is 6.70. The zero-order valence-electron chi connectivity index (χ0n) is 23.0. The van der Waals surface area contributed by atoms with Crippen LogP contribution in [0, 0.1) is 5.92 Å². The van der Waals surface area contributed by atoms with Gasteiger partial charge >= 0.3 is 0 Å². The van der Waals surface area contributed by atoms with Crippen LogP contribution in [0.2, 0.25) is 0 Å². The third kappa shape index (κ3) is 4.15. The second-order valence-corrected chi connectivity index (χ2v) is 11.2. The fraction of sp³-hybridized carbons (Fsp3) is 0.483. The van der Waals surface area contributed by atoms with Gasteiger partial charge in [-0.3, -0.25) is 25.7 Å². The number of aliphatic hydroxyl groups is 2. The van der Waals surface area contributed by atoms with Crippen LogP contribution in [0.5, 0.6) is 17.2 Å². The van der Waals surface area contributed by atoms with Gasteiger partial charge < -0.3 is 39.4 Å². The van der Waals surface area contributed by atoms with Crippen molar-refractivity contribution in [3.63, 3.8) is 0 Å². The Kier molecular flexibility index (Phi) is 7.09. The molecular weight excluding hydrogens is 552 g/mol. The Balaban J connectivity index is 1.49. The highest BCUT2D eigenvalue weighted by Crippen LogP contribution is 2.52. The molecule has 6 rings (SSSR count). The fourth-order valence-electron chi connectivity index (χ4n) is 6.70. The number of ketones is 3. The Hall–Kier alpha value is -3.43. The number of Topliss-reactive ketones (excluding diaryl/α,β-unsaturated/α-hetero) is 1. The lowest BCUT2D eigenvalue weighted by Gasteiger charge is -2.41. The summed E-state index contributed by atoms with van der Waals surface area (Å²) in [5, 5.41) is 44.1. The van der Waals surface area contributed by atoms with Crippen molar-refractivity contribution < 1.29 is 53.8 Å². The first kappa shape index (κ1) is 28.7. The van der Waals surface area contributed by atoms with Crippen LogP contribution in [0.4, 0.5) is 0 Å². The van der Waals surface area contributed by atoms with E-state index in [2.05, 4.69) is 5.43 Å². The number of carbonyl (C=O) groups is 3. The minimum Gasteiger partial charge on any atom is -0.507 e. The highest BCUT2D eigenvalue weighted by atomic mass is 16.7. The first-order valence-corrected chi connectivity index (χ1v) is 13.7. The molecule has 0 spiro atoms. The quantitative estimate of drug-likeness (QED) is 0.130. The van der Waals surface area contributed by atoms with Gasteiger partial charge in [-0.25, -0.2) is 0 Å². The van der Waals surface area contributed by atoms with Crippen LogP contribution in [0.1, 0.15) is 68.8 Å². The summed E-state index contributed by atoms with van der Waals surface area (Å²) in [6.45, 7) is 1.32. The SMILES string of the molecule is COc1cccc2c1C(=O)c1c(O)c3c(c(O)c1C2=O)C[C@@](O)(C(=O)CO)C[C@@H]3O[C@@H]1C[C@@H](NN)C2OC[C@H]2[C@H](C)O1. The number of aliphatic hydroxyl groups excluding tert-OH is 1. The molecular formula is C29H32N2O11. The highest BCUT2D eigenvalue weighted by molar-refractivity contribution is 6.31. The maximum absolute atomic E-state index is 13.8. The molecule has 2 saturated heterocycles. The van der Waals surface area contributed by atoms with Crippen molar-refractivity contribution in [1.29, 1.82) is 0 Å². The van der Waals surface area contributed by atoms with Crippen LogP contribution in [0.15, 0.2) is 18.2 Å². The van der Waals surface area contributed by atoms with Gasteiger partial charge in [-0.15, -0.1) is 0 Å². The van der Waals surface area contributed by atoms with Gasteiger partial charge in [0.15, 0.2) is 17.9 Å². The van der Waals surface area contributed by atoms with E-state index in [1.165, 1.54) is 25.3 Å². The van der Waals surface area contributed by atoms with E-state index in [1.54, 1.807) is 0 Å². The molecule has 0 aromatic heterocycles. The van der Waals surface area contributed by atoms with E-state index in [1.807, 2.05) is 6.92 Å². The number of methoxy groups -OCH3 is 1. The molecule has 1 unspecified atom stereocenters. The number of fused-ring (bicyclic) bond motifs is 4. The maximum Gasteiger partial charge on any atom is 0.202 e. The number of rotatable bonds is 6. The van der Waals surface area contributed by atoms with E-state index in [-0.39, 0.29) is 58.6 Å². The van der Waals surface area contributed by atoms with Crippen LogP contribution >= 0.6 is 0 Å². The van der Waals surface area contributed by atoms with Crippen molar-refractivity contribution >= 4 is 17.3 Å². The molecule has 4 aliphatic rings. The molecule has 2 heterocycles. The molecule has 0 amide bonds. The Morgan fingerprint density at radius 2 is 1.90 bits per heavy atom. The lowest BCUT2D eigenvalue weighted by Crippen LogP contribution is -2.57. The molecule has 13 nitrogen and oxygen atoms in total. The summed E-state index contributed by atoms with van der Waals surface area (Å²) in [4.78, 5) is 40.2. The molecule has 13 heteroatoms. The molecule has 7 N–H and O–H groups in total. The Labute approximate surface area is 240 Å². The van der Waals surface area contributed by atoms with Gasteiger partial charge in [-0.1, -0.05) is 12.1 Å². The second kappa shape index (κ2) is 10.4. The van der Waals surface area contributed by atoms with Gasteiger partial charge in [0.1, 0.15) is 29.5 Å². The molecule has 0 bridgehead atoms. The molecule has 224 valence electrons. The van der Waals surface area contributed by atoms with Gasteiger partial charge in [0.05, 0.1) is 54.8 Å². The van der Waals surface area contributed by atoms with Gasteiger partial charge in [0.25, 0.3) is 0 Å². The van der Waals surface area contributed by atoms with Crippen LogP contribution in [0.3, 0.4) is 0 Å². The summed E-state index contributed by atoms with van der Waals surface area (Å²) >= 11 is 0. The van der Waals surface area contributed by atoms with Gasteiger partial charge in [0, 0.05) is 41.9 Å². The summed E-state index contributed by atoms with van der Waals surface area (Å²) in [6, 6.07) is 4.05. The number of hydrazine groups is 1. The van der Waals surface area contributed by atoms with Crippen LogP contribution in [-0.4, -0.2) is 88.2 Å². The first-order valence-electron chi connectivity index (χ1n) is 13.7. The Morgan fingerprint density at radius 3 is 2.55 bits per heavy atom. The van der Waals surface area contributed by atoms with E-state index in [0.29, 0.717) is 6.61 Å². The molecule has 0 radical (unpaired) electrons. The predicted octanol–water partition coefficient (Wildman–Crippen LogP) is 0.160. The number of phenols is 2. The largest absolute Gasteiger partial charge is 0.507 e. The van der Waals surface area contributed by atoms with Gasteiger partial charge in [-0.05, 0) is 13.0 Å². The van der Waals surface area contributed by atoms with E-state index in [9.17, 15) is 34.8 Å².